The summed E-state index contributed by atoms with van der Waals surface area (Å²) in [5, 5.41) is 2.55. The number of H-pyrrole nitrogens is 1. The lowest BCUT2D eigenvalue weighted by atomic mass is 10.1. The first-order valence-electron chi connectivity index (χ1n) is 10.5. The summed E-state index contributed by atoms with van der Waals surface area (Å²) in [6.45, 7) is 9.38. The number of amides is 1. The van der Waals surface area contributed by atoms with Crippen LogP contribution in [0.3, 0.4) is 0 Å². The van der Waals surface area contributed by atoms with Crippen LogP contribution in [-0.2, 0) is 14.6 Å². The van der Waals surface area contributed by atoms with Crippen molar-refractivity contribution in [1.29, 1.82) is 0 Å². The molecule has 0 aliphatic heterocycles. The van der Waals surface area contributed by atoms with E-state index in [2.05, 4.69) is 15.3 Å². The van der Waals surface area contributed by atoms with Crippen LogP contribution in [-0.4, -0.2) is 29.5 Å². The number of rotatable bonds is 7. The normalized spacial score (nSPS) is 12.4. The summed E-state index contributed by atoms with van der Waals surface area (Å²) in [5.41, 5.74) is 3.61. The SMILES string of the molecule is CC[C@@H](Sc1ncc(S(=O)(=O)c2ccc(C)cc2C)c(=O)[nH]1)C(=O)Nc1ccc(C)c(C)c1. The van der Waals surface area contributed by atoms with Gasteiger partial charge in [-0.05, 0) is 69.0 Å². The van der Waals surface area contributed by atoms with E-state index in [0.29, 0.717) is 17.7 Å². The van der Waals surface area contributed by atoms with Crippen LogP contribution in [0.4, 0.5) is 5.69 Å². The van der Waals surface area contributed by atoms with Crippen LogP contribution in [0.1, 0.15) is 35.6 Å². The third-order valence-corrected chi connectivity index (χ3v) is 8.51. The maximum atomic E-state index is 13.0. The Kier molecular flexibility index (Phi) is 7.44. The van der Waals surface area contributed by atoms with Gasteiger partial charge in [0.05, 0.1) is 16.3 Å². The first kappa shape index (κ1) is 24.7. The van der Waals surface area contributed by atoms with E-state index >= 15 is 0 Å². The predicted molar refractivity (Wildman–Crippen MR) is 131 cm³/mol. The zero-order valence-electron chi connectivity index (χ0n) is 19.2. The number of aromatic amines is 1. The molecule has 1 heterocycles. The molecule has 174 valence electrons. The van der Waals surface area contributed by atoms with E-state index in [1.807, 2.05) is 45.9 Å². The minimum absolute atomic E-state index is 0.0695. The van der Waals surface area contributed by atoms with Gasteiger partial charge < -0.3 is 10.3 Å². The highest BCUT2D eigenvalue weighted by Gasteiger charge is 2.25. The van der Waals surface area contributed by atoms with Crippen LogP contribution in [0, 0.1) is 27.7 Å². The number of nitrogens with zero attached hydrogens (tertiary/aromatic N) is 1. The molecule has 0 spiro atoms. The number of carbonyl (C=O) groups is 1. The molecule has 3 rings (SSSR count). The van der Waals surface area contributed by atoms with Crippen LogP contribution < -0.4 is 10.9 Å². The molecule has 0 unspecified atom stereocenters. The topological polar surface area (TPSA) is 109 Å². The number of sulfone groups is 1. The first-order valence-corrected chi connectivity index (χ1v) is 12.9. The van der Waals surface area contributed by atoms with E-state index < -0.39 is 25.5 Å². The van der Waals surface area contributed by atoms with E-state index in [9.17, 15) is 18.0 Å². The van der Waals surface area contributed by atoms with Gasteiger partial charge in [-0.3, -0.25) is 9.59 Å². The number of hydrogen-bond acceptors (Lipinski definition) is 6. The van der Waals surface area contributed by atoms with Crippen molar-refractivity contribution in [3.8, 4) is 0 Å². The fourth-order valence-corrected chi connectivity index (χ4v) is 5.66. The Morgan fingerprint density at radius 1 is 1.03 bits per heavy atom. The Balaban J connectivity index is 1.81. The van der Waals surface area contributed by atoms with Crippen LogP contribution in [0.25, 0.3) is 0 Å². The van der Waals surface area contributed by atoms with Crippen molar-refractivity contribution in [2.75, 3.05) is 5.32 Å². The molecule has 0 aliphatic rings. The molecular weight excluding hydrogens is 458 g/mol. The number of aromatic nitrogens is 2. The molecule has 1 atom stereocenters. The molecule has 3 aromatic rings. The second-order valence-electron chi connectivity index (χ2n) is 7.96. The molecule has 7 nitrogen and oxygen atoms in total. The standard InChI is InChI=1S/C24H27N3O4S2/c1-6-19(22(28)26-18-9-8-15(3)16(4)12-18)32-24-25-13-21(23(29)27-24)33(30,31)20-10-7-14(2)11-17(20)5/h7-13,19H,6H2,1-5H3,(H,26,28)(H,25,27,29)/t19-/m1/s1. The van der Waals surface area contributed by atoms with Crippen molar-refractivity contribution in [2.45, 2.75) is 61.2 Å². The highest BCUT2D eigenvalue weighted by atomic mass is 32.2. The summed E-state index contributed by atoms with van der Waals surface area (Å²) < 4.78 is 26.0. The fraction of sp³-hybridized carbons (Fsp3) is 0.292. The minimum atomic E-state index is -4.03. The van der Waals surface area contributed by atoms with E-state index in [0.717, 1.165) is 34.6 Å². The Hall–Kier alpha value is -2.91. The summed E-state index contributed by atoms with van der Waals surface area (Å²) in [6, 6.07) is 10.6. The Labute approximate surface area is 198 Å². The maximum Gasteiger partial charge on any atom is 0.270 e. The number of carbonyl (C=O) groups excluding carboxylic acids is 1. The molecule has 9 heteroatoms. The second-order valence-corrected chi connectivity index (χ2v) is 11.0. The van der Waals surface area contributed by atoms with Gasteiger partial charge in [0.25, 0.3) is 5.56 Å². The van der Waals surface area contributed by atoms with Crippen LogP contribution >= 0.6 is 11.8 Å². The molecule has 2 N–H and O–H groups in total. The second kappa shape index (κ2) is 9.93. The average molecular weight is 486 g/mol. The molecule has 0 saturated heterocycles. The van der Waals surface area contributed by atoms with Gasteiger partial charge in [-0.1, -0.05) is 42.4 Å². The van der Waals surface area contributed by atoms with Gasteiger partial charge in [0, 0.05) is 5.69 Å². The van der Waals surface area contributed by atoms with Gasteiger partial charge in [0.2, 0.25) is 15.7 Å². The largest absolute Gasteiger partial charge is 0.325 e. The van der Waals surface area contributed by atoms with E-state index in [1.54, 1.807) is 19.1 Å². The lowest BCUT2D eigenvalue weighted by molar-refractivity contribution is -0.115. The number of thioether (sulfide) groups is 1. The van der Waals surface area contributed by atoms with Gasteiger partial charge >= 0.3 is 0 Å². The summed E-state index contributed by atoms with van der Waals surface area (Å²) >= 11 is 1.08. The highest BCUT2D eigenvalue weighted by molar-refractivity contribution is 8.00. The molecule has 33 heavy (non-hydrogen) atoms. The number of benzene rings is 2. The van der Waals surface area contributed by atoms with Crippen molar-refractivity contribution in [1.82, 2.24) is 9.97 Å². The van der Waals surface area contributed by atoms with E-state index in [4.69, 9.17) is 0 Å². The fourth-order valence-electron chi connectivity index (χ4n) is 3.34. The maximum absolute atomic E-state index is 13.0. The molecule has 0 saturated carbocycles. The monoisotopic (exact) mass is 485 g/mol. The van der Waals surface area contributed by atoms with Crippen molar-refractivity contribution in [3.05, 3.63) is 75.2 Å². The summed E-state index contributed by atoms with van der Waals surface area (Å²) in [5.74, 6) is -0.222. The predicted octanol–water partition coefficient (Wildman–Crippen LogP) is 4.35. The van der Waals surface area contributed by atoms with Crippen LogP contribution in [0.15, 0.2) is 62.3 Å². The smallest absolute Gasteiger partial charge is 0.270 e. The lowest BCUT2D eigenvalue weighted by Gasteiger charge is -2.15. The van der Waals surface area contributed by atoms with Crippen LogP contribution in [0.2, 0.25) is 0 Å². The van der Waals surface area contributed by atoms with Crippen molar-refractivity contribution in [2.24, 2.45) is 0 Å². The molecular formula is C24H27N3O4S2. The molecule has 1 amide bonds. The van der Waals surface area contributed by atoms with Gasteiger partial charge in [-0.25, -0.2) is 13.4 Å². The summed E-state index contributed by atoms with van der Waals surface area (Å²) in [6.07, 6.45) is 1.55. The van der Waals surface area contributed by atoms with Gasteiger partial charge in [-0.2, -0.15) is 0 Å². The molecule has 0 fully saturated rings. The van der Waals surface area contributed by atoms with E-state index in [-0.39, 0.29) is 16.0 Å². The Bertz CT molecular complexity index is 1360. The molecule has 1 aromatic heterocycles. The first-order chi connectivity index (χ1) is 15.5. The van der Waals surface area contributed by atoms with Crippen molar-refractivity contribution in [3.63, 3.8) is 0 Å². The number of anilines is 1. The molecule has 2 aromatic carbocycles. The zero-order valence-corrected chi connectivity index (χ0v) is 20.9. The van der Waals surface area contributed by atoms with Gasteiger partial charge in [0.1, 0.15) is 0 Å². The lowest BCUT2D eigenvalue weighted by Crippen LogP contribution is -2.26. The van der Waals surface area contributed by atoms with Gasteiger partial charge in [-0.15, -0.1) is 0 Å². The summed E-state index contributed by atoms with van der Waals surface area (Å²) in [7, 11) is -4.03. The van der Waals surface area contributed by atoms with E-state index in [1.165, 1.54) is 6.07 Å². The molecule has 0 radical (unpaired) electrons. The van der Waals surface area contributed by atoms with Gasteiger partial charge in [0.15, 0.2) is 10.1 Å². The summed E-state index contributed by atoms with van der Waals surface area (Å²) in [4.78, 5) is 31.7. The minimum Gasteiger partial charge on any atom is -0.325 e. The number of aryl methyl sites for hydroxylation is 4. The zero-order chi connectivity index (χ0) is 24.3. The average Bonchev–Trinajstić information content (AvgIpc) is 2.74. The van der Waals surface area contributed by atoms with Crippen molar-refractivity contribution >= 4 is 33.2 Å². The number of hydrogen-bond donors (Lipinski definition) is 2. The quantitative estimate of drug-likeness (QED) is 0.380. The number of nitrogens with one attached hydrogen (secondary N) is 2. The Morgan fingerprint density at radius 3 is 2.36 bits per heavy atom. The van der Waals surface area contributed by atoms with Crippen molar-refractivity contribution < 1.29 is 13.2 Å². The van der Waals surface area contributed by atoms with Crippen LogP contribution in [0.5, 0.6) is 0 Å². The molecule has 0 bridgehead atoms. The Morgan fingerprint density at radius 2 is 1.76 bits per heavy atom. The molecule has 0 aliphatic carbocycles. The highest BCUT2D eigenvalue weighted by Crippen LogP contribution is 2.26. The third kappa shape index (κ3) is 5.54. The third-order valence-electron chi connectivity index (χ3n) is 5.34.